The minimum absolute atomic E-state index is 0.0526. The summed E-state index contributed by atoms with van der Waals surface area (Å²) in [5.74, 6) is -0.182. The number of hydrogen-bond acceptors (Lipinski definition) is 3. The number of carbonyl (C=O) groups excluding carboxylic acids is 1. The Morgan fingerprint density at radius 2 is 2.05 bits per heavy atom. The molecular weight excluding hydrogens is 271 g/mol. The number of nitrogens with one attached hydrogen (secondary N) is 2. The molecule has 1 amide bonds. The van der Waals surface area contributed by atoms with E-state index in [2.05, 4.69) is 17.6 Å². The molecule has 4 nitrogen and oxygen atoms in total. The van der Waals surface area contributed by atoms with Crippen molar-refractivity contribution in [1.29, 1.82) is 0 Å². The van der Waals surface area contributed by atoms with Gasteiger partial charge in [0.1, 0.15) is 11.6 Å². The Bertz CT molecular complexity index is 464. The van der Waals surface area contributed by atoms with Gasteiger partial charge in [-0.3, -0.25) is 4.79 Å². The molecule has 0 spiro atoms. The van der Waals surface area contributed by atoms with Crippen LogP contribution >= 0.6 is 0 Å². The highest BCUT2D eigenvalue weighted by Gasteiger charge is 2.12. The lowest BCUT2D eigenvalue weighted by Gasteiger charge is -2.15. The van der Waals surface area contributed by atoms with Crippen LogP contribution in [0.1, 0.15) is 45.7 Å². The van der Waals surface area contributed by atoms with E-state index in [-0.39, 0.29) is 30.4 Å². The maximum absolute atomic E-state index is 14.0. The summed E-state index contributed by atoms with van der Waals surface area (Å²) in [7, 11) is 0. The fraction of sp³-hybridized carbons (Fsp3) is 0.562. The first-order valence-corrected chi connectivity index (χ1v) is 7.39. The molecule has 21 heavy (non-hydrogen) atoms. The van der Waals surface area contributed by atoms with Gasteiger partial charge in [-0.25, -0.2) is 4.39 Å². The van der Waals surface area contributed by atoms with Crippen LogP contribution in [0.15, 0.2) is 18.2 Å². The normalized spacial score (nSPS) is 12.3. The molecule has 1 aromatic carbocycles. The number of amides is 1. The highest BCUT2D eigenvalue weighted by Crippen LogP contribution is 2.21. The summed E-state index contributed by atoms with van der Waals surface area (Å²) in [5.41, 5.74) is 0.599. The second-order valence-corrected chi connectivity index (χ2v) is 5.37. The Hall–Kier alpha value is -1.62. The third-order valence-corrected chi connectivity index (χ3v) is 2.96. The average molecular weight is 296 g/mol. The second kappa shape index (κ2) is 8.62. The monoisotopic (exact) mass is 296 g/mol. The summed E-state index contributed by atoms with van der Waals surface area (Å²) in [6.07, 6.45) is 0.998. The zero-order chi connectivity index (χ0) is 15.8. The van der Waals surface area contributed by atoms with Crippen LogP contribution in [0.3, 0.4) is 0 Å². The van der Waals surface area contributed by atoms with Crippen LogP contribution in [-0.4, -0.2) is 25.1 Å². The second-order valence-electron chi connectivity index (χ2n) is 5.37. The Labute approximate surface area is 126 Å². The van der Waals surface area contributed by atoms with E-state index in [1.807, 2.05) is 20.8 Å². The molecule has 5 heteroatoms. The van der Waals surface area contributed by atoms with Crippen molar-refractivity contribution in [1.82, 2.24) is 10.6 Å². The van der Waals surface area contributed by atoms with Crippen molar-refractivity contribution in [2.45, 2.75) is 46.2 Å². The fourth-order valence-corrected chi connectivity index (χ4v) is 1.93. The van der Waals surface area contributed by atoms with E-state index in [0.29, 0.717) is 11.3 Å². The fourth-order valence-electron chi connectivity index (χ4n) is 1.93. The molecular formula is C16H25FN2O2. The molecule has 0 bridgehead atoms. The minimum Gasteiger partial charge on any atom is -0.484 e. The maximum Gasteiger partial charge on any atom is 0.258 e. The molecule has 1 rings (SSSR count). The molecule has 0 fully saturated rings. The van der Waals surface area contributed by atoms with E-state index in [9.17, 15) is 9.18 Å². The number of ether oxygens (including phenoxy) is 1. The minimum atomic E-state index is -0.326. The molecule has 0 radical (unpaired) electrons. The summed E-state index contributed by atoms with van der Waals surface area (Å²) in [4.78, 5) is 11.5. The number of carbonyl (C=O) groups is 1. The predicted octanol–water partition coefficient (Wildman–Crippen LogP) is 2.79. The van der Waals surface area contributed by atoms with Gasteiger partial charge in [0.15, 0.2) is 6.61 Å². The van der Waals surface area contributed by atoms with E-state index >= 15 is 0 Å². The van der Waals surface area contributed by atoms with E-state index in [4.69, 9.17) is 4.74 Å². The van der Waals surface area contributed by atoms with Crippen LogP contribution in [0.2, 0.25) is 0 Å². The molecule has 1 atom stereocenters. The van der Waals surface area contributed by atoms with Gasteiger partial charge in [0.25, 0.3) is 5.91 Å². The number of rotatable bonds is 8. The van der Waals surface area contributed by atoms with Gasteiger partial charge in [-0.1, -0.05) is 13.0 Å². The molecule has 1 aromatic rings. The highest BCUT2D eigenvalue weighted by atomic mass is 19.1. The molecule has 0 aromatic heterocycles. The summed E-state index contributed by atoms with van der Waals surface area (Å²) >= 11 is 0. The molecule has 0 aliphatic heterocycles. The van der Waals surface area contributed by atoms with Crippen LogP contribution in [0.5, 0.6) is 5.75 Å². The Morgan fingerprint density at radius 1 is 1.33 bits per heavy atom. The molecule has 0 saturated carbocycles. The predicted molar refractivity (Wildman–Crippen MR) is 81.9 cm³/mol. The van der Waals surface area contributed by atoms with Gasteiger partial charge in [0.05, 0.1) is 0 Å². The number of benzene rings is 1. The maximum atomic E-state index is 14.0. The van der Waals surface area contributed by atoms with Gasteiger partial charge in [0, 0.05) is 23.7 Å². The lowest BCUT2D eigenvalue weighted by molar-refractivity contribution is -0.123. The summed E-state index contributed by atoms with van der Waals surface area (Å²) in [6, 6.07) is 4.71. The van der Waals surface area contributed by atoms with Gasteiger partial charge in [0.2, 0.25) is 0 Å². The third kappa shape index (κ3) is 6.12. The number of halogens is 1. The zero-order valence-electron chi connectivity index (χ0n) is 13.2. The van der Waals surface area contributed by atoms with Crippen LogP contribution in [0, 0.1) is 5.82 Å². The molecule has 0 aliphatic rings. The van der Waals surface area contributed by atoms with Crippen LogP contribution < -0.4 is 15.4 Å². The molecule has 2 N–H and O–H groups in total. The average Bonchev–Trinajstić information content (AvgIpc) is 2.42. The molecule has 118 valence electrons. The van der Waals surface area contributed by atoms with Crippen LogP contribution in [0.4, 0.5) is 4.39 Å². The first kappa shape index (κ1) is 17.4. The summed E-state index contributed by atoms with van der Waals surface area (Å²) in [6.45, 7) is 8.46. The van der Waals surface area contributed by atoms with Crippen molar-refractivity contribution >= 4 is 5.91 Å². The van der Waals surface area contributed by atoms with Crippen molar-refractivity contribution in [2.24, 2.45) is 0 Å². The van der Waals surface area contributed by atoms with E-state index < -0.39 is 0 Å². The van der Waals surface area contributed by atoms with Gasteiger partial charge in [-0.2, -0.15) is 0 Å². The molecule has 0 heterocycles. The molecule has 0 saturated heterocycles. The van der Waals surface area contributed by atoms with Gasteiger partial charge in [-0.15, -0.1) is 0 Å². The van der Waals surface area contributed by atoms with Gasteiger partial charge < -0.3 is 15.4 Å². The Kier molecular flexibility index (Phi) is 7.15. The van der Waals surface area contributed by atoms with Crippen molar-refractivity contribution in [2.75, 3.05) is 13.2 Å². The number of hydrogen-bond donors (Lipinski definition) is 2. The zero-order valence-corrected chi connectivity index (χ0v) is 13.2. The van der Waals surface area contributed by atoms with E-state index in [0.717, 1.165) is 13.0 Å². The standard InChI is InChI=1S/C16H25FN2O2/c1-5-8-18-12(4)14-7-6-13(9-15(14)17)21-10-16(20)19-11(2)3/h6-7,9,11-12,18H,5,8,10H2,1-4H3,(H,19,20). The summed E-state index contributed by atoms with van der Waals surface area (Å²) in [5, 5.41) is 5.95. The van der Waals surface area contributed by atoms with Crippen LogP contribution in [-0.2, 0) is 4.79 Å². The smallest absolute Gasteiger partial charge is 0.258 e. The first-order valence-electron chi connectivity index (χ1n) is 7.39. The van der Waals surface area contributed by atoms with Crippen molar-refractivity contribution in [3.8, 4) is 5.75 Å². The quantitative estimate of drug-likeness (QED) is 0.775. The molecule has 0 aliphatic carbocycles. The van der Waals surface area contributed by atoms with E-state index in [1.54, 1.807) is 12.1 Å². The van der Waals surface area contributed by atoms with E-state index in [1.165, 1.54) is 6.07 Å². The van der Waals surface area contributed by atoms with Gasteiger partial charge >= 0.3 is 0 Å². The lowest BCUT2D eigenvalue weighted by atomic mass is 10.1. The van der Waals surface area contributed by atoms with Crippen molar-refractivity contribution in [3.05, 3.63) is 29.6 Å². The Morgan fingerprint density at radius 3 is 2.62 bits per heavy atom. The topological polar surface area (TPSA) is 50.4 Å². The van der Waals surface area contributed by atoms with Crippen molar-refractivity contribution in [3.63, 3.8) is 0 Å². The lowest BCUT2D eigenvalue weighted by Crippen LogP contribution is -2.34. The van der Waals surface area contributed by atoms with Crippen LogP contribution in [0.25, 0.3) is 0 Å². The van der Waals surface area contributed by atoms with Crippen molar-refractivity contribution < 1.29 is 13.9 Å². The SMILES string of the molecule is CCCNC(C)c1ccc(OCC(=O)NC(C)C)cc1F. The first-order chi connectivity index (χ1) is 9.93. The summed E-state index contributed by atoms with van der Waals surface area (Å²) < 4.78 is 19.3. The highest BCUT2D eigenvalue weighted by molar-refractivity contribution is 5.77. The third-order valence-electron chi connectivity index (χ3n) is 2.96. The largest absolute Gasteiger partial charge is 0.484 e. The Balaban J connectivity index is 2.59. The molecule has 1 unspecified atom stereocenters. The van der Waals surface area contributed by atoms with Gasteiger partial charge in [-0.05, 0) is 39.8 Å².